The second-order valence-electron chi connectivity index (χ2n) is 9.29. The predicted octanol–water partition coefficient (Wildman–Crippen LogP) is 4.06. The van der Waals surface area contributed by atoms with Crippen molar-refractivity contribution in [2.75, 3.05) is 131 Å². The highest BCUT2D eigenvalue weighted by atomic mass is 35.5. The van der Waals surface area contributed by atoms with Crippen molar-refractivity contribution in [3.63, 3.8) is 0 Å². The molecule has 0 radical (unpaired) electrons. The summed E-state index contributed by atoms with van der Waals surface area (Å²) in [6.45, 7) is 11.6. The summed E-state index contributed by atoms with van der Waals surface area (Å²) >= 11 is 5.51. The molecule has 0 unspecified atom stereocenters. The smallest absolute Gasteiger partial charge is 0.305 e. The van der Waals surface area contributed by atoms with Gasteiger partial charge in [0.05, 0.1) is 119 Å². The summed E-state index contributed by atoms with van der Waals surface area (Å²) < 4.78 is 53.9. The highest BCUT2D eigenvalue weighted by molar-refractivity contribution is 6.17. The molecule has 12 heteroatoms. The van der Waals surface area contributed by atoms with E-state index in [9.17, 15) is 4.79 Å². The van der Waals surface area contributed by atoms with Gasteiger partial charge >= 0.3 is 5.97 Å². The Balaban J connectivity index is 3.09. The molecule has 0 N–H and O–H groups in total. The van der Waals surface area contributed by atoms with E-state index in [0.717, 1.165) is 12.8 Å². The van der Waals surface area contributed by atoms with Crippen LogP contribution in [-0.4, -0.2) is 137 Å². The maximum absolute atomic E-state index is 11.7. The van der Waals surface area contributed by atoms with Crippen molar-refractivity contribution >= 4 is 17.6 Å². The van der Waals surface area contributed by atoms with E-state index in [-0.39, 0.29) is 12.6 Å². The van der Waals surface area contributed by atoms with E-state index in [2.05, 4.69) is 6.92 Å². The SMILES string of the molecule is CCCCCCCCCC(=O)OCCOCCOCCOCCOCCOCCOCCOCCOCCOCCCl. The number of rotatable bonds is 37. The first-order chi connectivity index (χ1) is 20.8. The van der Waals surface area contributed by atoms with E-state index in [1.165, 1.54) is 32.1 Å². The summed E-state index contributed by atoms with van der Waals surface area (Å²) in [5.41, 5.74) is 0. The van der Waals surface area contributed by atoms with Crippen LogP contribution in [0.15, 0.2) is 0 Å². The van der Waals surface area contributed by atoms with E-state index in [0.29, 0.717) is 131 Å². The number of unbranched alkanes of at least 4 members (excludes halogenated alkanes) is 6. The van der Waals surface area contributed by atoms with Crippen molar-refractivity contribution in [1.29, 1.82) is 0 Å². The number of alkyl halides is 1. The molecular weight excluding hydrogens is 572 g/mol. The molecule has 0 saturated heterocycles. The van der Waals surface area contributed by atoms with Crippen LogP contribution < -0.4 is 0 Å². The zero-order valence-electron chi connectivity index (χ0n) is 26.2. The van der Waals surface area contributed by atoms with Crippen LogP contribution in [0.3, 0.4) is 0 Å². The molecule has 0 aromatic carbocycles. The molecule has 0 aliphatic carbocycles. The molecule has 0 heterocycles. The monoisotopic (exact) mass is 630 g/mol. The van der Waals surface area contributed by atoms with Gasteiger partial charge in [0.1, 0.15) is 6.61 Å². The van der Waals surface area contributed by atoms with Gasteiger partial charge < -0.3 is 47.4 Å². The van der Waals surface area contributed by atoms with Crippen LogP contribution in [0, 0.1) is 0 Å². The Morgan fingerprint density at radius 1 is 0.405 bits per heavy atom. The van der Waals surface area contributed by atoms with Crippen molar-refractivity contribution in [3.05, 3.63) is 0 Å². The number of ether oxygens (including phenoxy) is 10. The molecule has 0 aromatic rings. The second-order valence-corrected chi connectivity index (χ2v) is 9.67. The van der Waals surface area contributed by atoms with Crippen LogP contribution in [0.2, 0.25) is 0 Å². The largest absolute Gasteiger partial charge is 0.463 e. The molecule has 0 saturated carbocycles. The summed E-state index contributed by atoms with van der Waals surface area (Å²) in [6.07, 6.45) is 8.81. The van der Waals surface area contributed by atoms with Gasteiger partial charge in [-0.3, -0.25) is 4.79 Å². The first-order valence-electron chi connectivity index (χ1n) is 15.7. The number of hydrogen-bond acceptors (Lipinski definition) is 11. The molecule has 0 amide bonds. The van der Waals surface area contributed by atoms with E-state index in [1.54, 1.807) is 0 Å². The summed E-state index contributed by atoms with van der Waals surface area (Å²) in [4.78, 5) is 11.7. The Labute approximate surface area is 259 Å². The van der Waals surface area contributed by atoms with E-state index >= 15 is 0 Å². The van der Waals surface area contributed by atoms with Crippen molar-refractivity contribution in [2.45, 2.75) is 58.3 Å². The lowest BCUT2D eigenvalue weighted by atomic mass is 10.1. The minimum atomic E-state index is -0.139. The molecule has 11 nitrogen and oxygen atoms in total. The third-order valence-corrected chi connectivity index (χ3v) is 5.83. The fourth-order valence-corrected chi connectivity index (χ4v) is 3.54. The van der Waals surface area contributed by atoms with Crippen molar-refractivity contribution in [3.8, 4) is 0 Å². The molecule has 0 aliphatic rings. The first-order valence-corrected chi connectivity index (χ1v) is 16.3. The van der Waals surface area contributed by atoms with E-state index < -0.39 is 0 Å². The van der Waals surface area contributed by atoms with Gasteiger partial charge in [0.15, 0.2) is 0 Å². The normalized spacial score (nSPS) is 11.4. The molecule has 0 aromatic heterocycles. The van der Waals surface area contributed by atoms with E-state index in [1.807, 2.05) is 0 Å². The minimum Gasteiger partial charge on any atom is -0.463 e. The lowest BCUT2D eigenvalue weighted by molar-refractivity contribution is -0.145. The quantitative estimate of drug-likeness (QED) is 0.0563. The van der Waals surface area contributed by atoms with Crippen LogP contribution in [0.5, 0.6) is 0 Å². The number of hydrogen-bond donors (Lipinski definition) is 0. The van der Waals surface area contributed by atoms with Crippen LogP contribution in [0.25, 0.3) is 0 Å². The maximum atomic E-state index is 11.7. The Morgan fingerprint density at radius 2 is 0.690 bits per heavy atom. The Bertz CT molecular complexity index is 518. The van der Waals surface area contributed by atoms with Gasteiger partial charge in [0.25, 0.3) is 0 Å². The fraction of sp³-hybridized carbons (Fsp3) is 0.967. The average molecular weight is 631 g/mol. The van der Waals surface area contributed by atoms with Crippen LogP contribution >= 0.6 is 11.6 Å². The molecule has 0 aliphatic heterocycles. The lowest BCUT2D eigenvalue weighted by Gasteiger charge is -2.09. The minimum absolute atomic E-state index is 0.139. The standard InChI is InChI=1S/C30H59ClO11/c1-2-3-4-5-6-7-8-9-30(32)42-29-28-41-27-26-40-25-24-39-23-22-38-21-20-37-19-18-36-17-16-35-15-14-34-13-12-33-11-10-31/h2-29H2,1H3. The Hall–Kier alpha value is -0.600. The zero-order valence-corrected chi connectivity index (χ0v) is 26.9. The average Bonchev–Trinajstić information content (AvgIpc) is 2.99. The predicted molar refractivity (Wildman–Crippen MR) is 162 cm³/mol. The van der Waals surface area contributed by atoms with Crippen LogP contribution in [0.1, 0.15) is 58.3 Å². The third-order valence-electron chi connectivity index (χ3n) is 5.67. The van der Waals surface area contributed by atoms with Gasteiger partial charge in [0.2, 0.25) is 0 Å². The van der Waals surface area contributed by atoms with Crippen molar-refractivity contribution < 1.29 is 52.2 Å². The highest BCUT2D eigenvalue weighted by Crippen LogP contribution is 2.08. The second kappa shape index (κ2) is 38.4. The number of carbonyl (C=O) groups excluding carboxylic acids is 1. The summed E-state index contributed by atoms with van der Waals surface area (Å²) in [5.74, 6) is 0.358. The van der Waals surface area contributed by atoms with E-state index in [4.69, 9.17) is 59.0 Å². The summed E-state index contributed by atoms with van der Waals surface area (Å²) in [7, 11) is 0. The van der Waals surface area contributed by atoms with Crippen molar-refractivity contribution in [2.24, 2.45) is 0 Å². The van der Waals surface area contributed by atoms with Gasteiger partial charge in [-0.2, -0.15) is 0 Å². The molecule has 252 valence electrons. The summed E-state index contributed by atoms with van der Waals surface area (Å²) in [5, 5.41) is 0. The molecular formula is C30H59ClO11. The molecule has 0 spiro atoms. The molecule has 0 atom stereocenters. The number of carbonyl (C=O) groups is 1. The third kappa shape index (κ3) is 37.4. The van der Waals surface area contributed by atoms with Gasteiger partial charge in [-0.25, -0.2) is 0 Å². The zero-order chi connectivity index (χ0) is 30.4. The number of esters is 1. The fourth-order valence-electron chi connectivity index (χ4n) is 3.43. The maximum Gasteiger partial charge on any atom is 0.305 e. The van der Waals surface area contributed by atoms with Gasteiger partial charge in [-0.15, -0.1) is 11.6 Å². The Kier molecular flexibility index (Phi) is 37.9. The molecule has 0 fully saturated rings. The van der Waals surface area contributed by atoms with Gasteiger partial charge in [0, 0.05) is 12.3 Å². The van der Waals surface area contributed by atoms with Crippen molar-refractivity contribution in [1.82, 2.24) is 0 Å². The summed E-state index contributed by atoms with van der Waals surface area (Å²) in [6, 6.07) is 0. The Morgan fingerprint density at radius 3 is 1.02 bits per heavy atom. The molecule has 0 rings (SSSR count). The van der Waals surface area contributed by atoms with Gasteiger partial charge in [-0.1, -0.05) is 45.4 Å². The molecule has 0 bridgehead atoms. The first kappa shape index (κ1) is 41.4. The van der Waals surface area contributed by atoms with Gasteiger partial charge in [-0.05, 0) is 6.42 Å². The van der Waals surface area contributed by atoms with Crippen LogP contribution in [-0.2, 0) is 52.2 Å². The topological polar surface area (TPSA) is 109 Å². The highest BCUT2D eigenvalue weighted by Gasteiger charge is 2.02. The molecule has 42 heavy (non-hydrogen) atoms. The van der Waals surface area contributed by atoms with Crippen LogP contribution in [0.4, 0.5) is 0 Å². The lowest BCUT2D eigenvalue weighted by Crippen LogP contribution is -2.15. The number of halogens is 1.